The number of benzene rings is 2. The molecule has 1 aliphatic heterocycles. The lowest BCUT2D eigenvalue weighted by Gasteiger charge is -2.18. The molecule has 162 valence electrons. The van der Waals surface area contributed by atoms with Crippen LogP contribution >= 0.6 is 0 Å². The maximum Gasteiger partial charge on any atom is 0.223 e. The van der Waals surface area contributed by atoms with E-state index in [1.807, 2.05) is 52.3 Å². The summed E-state index contributed by atoms with van der Waals surface area (Å²) < 4.78 is 4.12. The lowest BCUT2D eigenvalue weighted by atomic mass is 10.1. The maximum atomic E-state index is 12.9. The second-order valence-electron chi connectivity index (χ2n) is 8.61. The van der Waals surface area contributed by atoms with Crippen molar-refractivity contribution in [1.82, 2.24) is 19.2 Å². The molecular formula is C27H28N4O. The number of carbonyl (C=O) groups excluding carboxylic acids is 1. The summed E-state index contributed by atoms with van der Waals surface area (Å²) in [6.45, 7) is 5.43. The Kier molecular flexibility index (Phi) is 5.39. The van der Waals surface area contributed by atoms with E-state index in [2.05, 4.69) is 48.7 Å². The van der Waals surface area contributed by atoms with Crippen molar-refractivity contribution in [1.29, 1.82) is 0 Å². The smallest absolute Gasteiger partial charge is 0.223 e. The van der Waals surface area contributed by atoms with Crippen LogP contribution in [0.1, 0.15) is 40.8 Å². The first kappa shape index (κ1) is 20.3. The van der Waals surface area contributed by atoms with Gasteiger partial charge in [0.2, 0.25) is 5.91 Å². The van der Waals surface area contributed by atoms with E-state index in [0.29, 0.717) is 19.5 Å². The molecule has 0 unspecified atom stereocenters. The fourth-order valence-electron chi connectivity index (χ4n) is 4.40. The number of amides is 1. The SMILES string of the molecule is Cc1ccc(-n2nc3c(c2-n2cccc2)CN(C(=O)CCCc2ccccc2)C3)cc1C. The van der Waals surface area contributed by atoms with Gasteiger partial charge in [0.05, 0.1) is 24.5 Å². The standard InChI is InChI=1S/C27H28N4O/c1-20-13-14-23(17-21(20)2)31-27(29-15-6-7-16-29)24-18-30(19-25(24)28-31)26(32)12-8-11-22-9-4-3-5-10-22/h3-7,9-10,13-17H,8,11-12,18-19H2,1-2H3. The van der Waals surface area contributed by atoms with Gasteiger partial charge in [-0.3, -0.25) is 4.79 Å². The van der Waals surface area contributed by atoms with E-state index in [1.54, 1.807) is 0 Å². The number of aryl methyl sites for hydroxylation is 3. The van der Waals surface area contributed by atoms with Gasteiger partial charge in [0.25, 0.3) is 0 Å². The highest BCUT2D eigenvalue weighted by atomic mass is 16.2. The quantitative estimate of drug-likeness (QED) is 0.430. The third-order valence-electron chi connectivity index (χ3n) is 6.36. The zero-order valence-electron chi connectivity index (χ0n) is 18.7. The molecule has 4 aromatic rings. The summed E-state index contributed by atoms with van der Waals surface area (Å²) in [4.78, 5) is 14.9. The van der Waals surface area contributed by atoms with Gasteiger partial charge in [0, 0.05) is 24.4 Å². The molecule has 0 atom stereocenters. The fourth-order valence-corrected chi connectivity index (χ4v) is 4.40. The predicted molar refractivity (Wildman–Crippen MR) is 126 cm³/mol. The van der Waals surface area contributed by atoms with Crippen LogP contribution in [0.4, 0.5) is 0 Å². The van der Waals surface area contributed by atoms with Gasteiger partial charge in [0.15, 0.2) is 0 Å². The first-order valence-electron chi connectivity index (χ1n) is 11.2. The maximum absolute atomic E-state index is 12.9. The van der Waals surface area contributed by atoms with Crippen molar-refractivity contribution in [2.75, 3.05) is 0 Å². The first-order chi connectivity index (χ1) is 15.6. The minimum Gasteiger partial charge on any atom is -0.332 e. The van der Waals surface area contributed by atoms with Gasteiger partial charge in [-0.1, -0.05) is 36.4 Å². The average Bonchev–Trinajstić information content (AvgIpc) is 3.52. The van der Waals surface area contributed by atoms with Crippen LogP contribution in [0.5, 0.6) is 0 Å². The first-order valence-corrected chi connectivity index (χ1v) is 11.2. The molecular weight excluding hydrogens is 396 g/mol. The number of carbonyl (C=O) groups is 1. The Bertz CT molecular complexity index is 1240. The van der Waals surface area contributed by atoms with Gasteiger partial charge < -0.3 is 9.47 Å². The summed E-state index contributed by atoms with van der Waals surface area (Å²) >= 11 is 0. The lowest BCUT2D eigenvalue weighted by Crippen LogP contribution is -2.26. The van der Waals surface area contributed by atoms with Crippen LogP contribution in [0, 0.1) is 13.8 Å². The van der Waals surface area contributed by atoms with Crippen LogP contribution in [0.15, 0.2) is 73.1 Å². The molecule has 0 aliphatic carbocycles. The van der Waals surface area contributed by atoms with E-state index in [-0.39, 0.29) is 5.91 Å². The molecule has 2 aromatic heterocycles. The van der Waals surface area contributed by atoms with Crippen LogP contribution in [0.25, 0.3) is 11.5 Å². The Morgan fingerprint density at radius 1 is 0.938 bits per heavy atom. The van der Waals surface area contributed by atoms with Gasteiger partial charge >= 0.3 is 0 Å². The fraction of sp³-hybridized carbons (Fsp3) is 0.259. The number of nitrogens with zero attached hydrogens (tertiary/aromatic N) is 4. The summed E-state index contributed by atoms with van der Waals surface area (Å²) in [7, 11) is 0. The van der Waals surface area contributed by atoms with E-state index in [4.69, 9.17) is 5.10 Å². The van der Waals surface area contributed by atoms with Gasteiger partial charge in [0.1, 0.15) is 5.82 Å². The number of fused-ring (bicyclic) bond motifs is 1. The summed E-state index contributed by atoms with van der Waals surface area (Å²) in [5.74, 6) is 1.22. The third-order valence-corrected chi connectivity index (χ3v) is 6.36. The molecule has 0 fully saturated rings. The molecule has 0 N–H and O–H groups in total. The zero-order valence-corrected chi connectivity index (χ0v) is 18.7. The zero-order chi connectivity index (χ0) is 22.1. The topological polar surface area (TPSA) is 43.1 Å². The van der Waals surface area contributed by atoms with Crippen molar-refractivity contribution in [3.8, 4) is 11.5 Å². The summed E-state index contributed by atoms with van der Waals surface area (Å²) in [6.07, 6.45) is 6.44. The molecule has 1 amide bonds. The van der Waals surface area contributed by atoms with E-state index >= 15 is 0 Å². The number of rotatable bonds is 6. The highest BCUT2D eigenvalue weighted by Crippen LogP contribution is 2.31. The van der Waals surface area contributed by atoms with Crippen molar-refractivity contribution in [3.63, 3.8) is 0 Å². The molecule has 32 heavy (non-hydrogen) atoms. The van der Waals surface area contributed by atoms with Gasteiger partial charge in [-0.05, 0) is 67.6 Å². The molecule has 5 rings (SSSR count). The van der Waals surface area contributed by atoms with Crippen molar-refractivity contribution < 1.29 is 4.79 Å². The van der Waals surface area contributed by atoms with Crippen molar-refractivity contribution >= 4 is 5.91 Å². The van der Waals surface area contributed by atoms with E-state index in [1.165, 1.54) is 16.7 Å². The van der Waals surface area contributed by atoms with Crippen LogP contribution in [0.2, 0.25) is 0 Å². The number of hydrogen-bond acceptors (Lipinski definition) is 2. The highest BCUT2D eigenvalue weighted by Gasteiger charge is 2.31. The molecule has 0 saturated carbocycles. The van der Waals surface area contributed by atoms with Crippen LogP contribution < -0.4 is 0 Å². The molecule has 5 nitrogen and oxygen atoms in total. The largest absolute Gasteiger partial charge is 0.332 e. The molecule has 5 heteroatoms. The minimum absolute atomic E-state index is 0.204. The monoisotopic (exact) mass is 424 g/mol. The number of hydrogen-bond donors (Lipinski definition) is 0. The summed E-state index contributed by atoms with van der Waals surface area (Å²) in [5, 5.41) is 4.95. The van der Waals surface area contributed by atoms with Gasteiger partial charge in [-0.2, -0.15) is 5.10 Å². The Balaban J connectivity index is 1.36. The highest BCUT2D eigenvalue weighted by molar-refractivity contribution is 5.77. The Labute approximate surface area is 188 Å². The van der Waals surface area contributed by atoms with Crippen LogP contribution in [-0.2, 0) is 24.3 Å². The Morgan fingerprint density at radius 2 is 1.72 bits per heavy atom. The molecule has 0 spiro atoms. The summed E-state index contributed by atoms with van der Waals surface area (Å²) in [5.41, 5.74) is 6.96. The van der Waals surface area contributed by atoms with Crippen molar-refractivity contribution in [3.05, 3.63) is 101 Å². The summed E-state index contributed by atoms with van der Waals surface area (Å²) in [6, 6.07) is 20.8. The van der Waals surface area contributed by atoms with Gasteiger partial charge in [-0.15, -0.1) is 0 Å². The third kappa shape index (κ3) is 3.86. The molecule has 0 radical (unpaired) electrons. The predicted octanol–water partition coefficient (Wildman–Crippen LogP) is 5.14. The number of aromatic nitrogens is 3. The van der Waals surface area contributed by atoms with Crippen LogP contribution in [-0.4, -0.2) is 25.2 Å². The average molecular weight is 425 g/mol. The van der Waals surface area contributed by atoms with E-state index in [0.717, 1.165) is 35.6 Å². The molecule has 0 bridgehead atoms. The second-order valence-corrected chi connectivity index (χ2v) is 8.61. The molecule has 0 saturated heterocycles. The Morgan fingerprint density at radius 3 is 2.47 bits per heavy atom. The molecule has 2 aromatic carbocycles. The molecule has 3 heterocycles. The Hall–Kier alpha value is -3.60. The lowest BCUT2D eigenvalue weighted by molar-refractivity contribution is -0.131. The van der Waals surface area contributed by atoms with Crippen molar-refractivity contribution in [2.24, 2.45) is 0 Å². The van der Waals surface area contributed by atoms with Crippen LogP contribution in [0.3, 0.4) is 0 Å². The molecule has 1 aliphatic rings. The normalized spacial score (nSPS) is 12.9. The van der Waals surface area contributed by atoms with E-state index in [9.17, 15) is 4.79 Å². The van der Waals surface area contributed by atoms with E-state index < -0.39 is 0 Å². The van der Waals surface area contributed by atoms with Gasteiger partial charge in [-0.25, -0.2) is 4.68 Å². The second kappa shape index (κ2) is 8.50. The minimum atomic E-state index is 0.204. The van der Waals surface area contributed by atoms with Crippen molar-refractivity contribution in [2.45, 2.75) is 46.2 Å².